The number of ether oxygens (including phenoxy) is 1. The lowest BCUT2D eigenvalue weighted by Crippen LogP contribution is -2.37. The first-order chi connectivity index (χ1) is 12.7. The van der Waals surface area contributed by atoms with E-state index >= 15 is 0 Å². The molecule has 0 aliphatic carbocycles. The van der Waals surface area contributed by atoms with Crippen molar-refractivity contribution in [3.8, 4) is 0 Å². The lowest BCUT2D eigenvalue weighted by molar-refractivity contribution is 0.0940. The summed E-state index contributed by atoms with van der Waals surface area (Å²) in [5.41, 5.74) is 1.80. The van der Waals surface area contributed by atoms with Gasteiger partial charge in [0, 0.05) is 42.3 Å². The summed E-state index contributed by atoms with van der Waals surface area (Å²) in [4.78, 5) is 29.0. The maximum absolute atomic E-state index is 12.6. The third-order valence-corrected chi connectivity index (χ3v) is 5.23. The lowest BCUT2D eigenvalue weighted by Gasteiger charge is -2.28. The van der Waals surface area contributed by atoms with Crippen LogP contribution in [0.4, 0.5) is 5.82 Å². The number of carbonyl (C=O) groups is 1. The predicted octanol–water partition coefficient (Wildman–Crippen LogP) is 2.16. The smallest absolute Gasteiger partial charge is 0.289 e. The number of nitrogens with one attached hydrogen (secondary N) is 1. The van der Waals surface area contributed by atoms with Crippen LogP contribution in [0.3, 0.4) is 0 Å². The van der Waals surface area contributed by atoms with Crippen molar-refractivity contribution in [1.82, 2.24) is 20.3 Å². The molecule has 1 fully saturated rings. The number of pyridine rings is 1. The number of amides is 1. The van der Waals surface area contributed by atoms with Gasteiger partial charge in [0.05, 0.1) is 24.1 Å². The monoisotopic (exact) mass is 369 g/mol. The summed E-state index contributed by atoms with van der Waals surface area (Å²) in [6, 6.07) is 3.73. The molecule has 26 heavy (non-hydrogen) atoms. The van der Waals surface area contributed by atoms with E-state index in [-0.39, 0.29) is 11.7 Å². The Balaban J connectivity index is 1.63. The van der Waals surface area contributed by atoms with Crippen LogP contribution in [0.5, 0.6) is 0 Å². The van der Waals surface area contributed by atoms with E-state index in [0.717, 1.165) is 40.3 Å². The summed E-state index contributed by atoms with van der Waals surface area (Å²) >= 11 is 1.63. The molecule has 1 aliphatic rings. The normalized spacial score (nSPS) is 14.6. The molecule has 7 nitrogen and oxygen atoms in total. The highest BCUT2D eigenvalue weighted by Gasteiger charge is 2.21. The minimum atomic E-state index is -0.276. The molecular weight excluding hydrogens is 350 g/mol. The van der Waals surface area contributed by atoms with Crippen molar-refractivity contribution < 1.29 is 9.53 Å². The van der Waals surface area contributed by atoms with Gasteiger partial charge < -0.3 is 15.0 Å². The Morgan fingerprint density at radius 3 is 2.81 bits per heavy atom. The number of aromatic nitrogens is 3. The van der Waals surface area contributed by atoms with E-state index in [1.165, 1.54) is 0 Å². The van der Waals surface area contributed by atoms with Crippen LogP contribution >= 0.6 is 11.3 Å². The summed E-state index contributed by atoms with van der Waals surface area (Å²) in [5, 5.41) is 5.90. The standard InChI is InChI=1S/C18H19N5O2S/c1-12-15-14(11-26-12)21-16(22-17(15)23-6-8-25-9-7-23)18(24)20-10-13-2-4-19-5-3-13/h2-5,11H,6-10H2,1H3,(H,20,24). The molecule has 0 saturated carbocycles. The van der Waals surface area contributed by atoms with E-state index in [1.807, 2.05) is 17.5 Å². The predicted molar refractivity (Wildman–Crippen MR) is 101 cm³/mol. The van der Waals surface area contributed by atoms with Crippen molar-refractivity contribution in [2.45, 2.75) is 13.5 Å². The zero-order valence-corrected chi connectivity index (χ0v) is 15.3. The molecule has 0 atom stereocenters. The third kappa shape index (κ3) is 3.38. The molecule has 3 aromatic heterocycles. The van der Waals surface area contributed by atoms with E-state index in [1.54, 1.807) is 23.7 Å². The van der Waals surface area contributed by atoms with Gasteiger partial charge in [-0.3, -0.25) is 9.78 Å². The quantitative estimate of drug-likeness (QED) is 0.759. The van der Waals surface area contributed by atoms with Crippen molar-refractivity contribution in [2.24, 2.45) is 0 Å². The second-order valence-electron chi connectivity index (χ2n) is 6.06. The van der Waals surface area contributed by atoms with Gasteiger partial charge in [-0.1, -0.05) is 0 Å². The van der Waals surface area contributed by atoms with E-state index in [4.69, 9.17) is 4.74 Å². The Bertz CT molecular complexity index is 922. The molecule has 0 radical (unpaired) electrons. The lowest BCUT2D eigenvalue weighted by atomic mass is 10.2. The summed E-state index contributed by atoms with van der Waals surface area (Å²) in [6.07, 6.45) is 3.41. The van der Waals surface area contributed by atoms with Gasteiger partial charge in [0.15, 0.2) is 0 Å². The highest BCUT2D eigenvalue weighted by Crippen LogP contribution is 2.31. The number of anilines is 1. The Morgan fingerprint density at radius 2 is 2.04 bits per heavy atom. The van der Waals surface area contributed by atoms with Crippen molar-refractivity contribution in [3.05, 3.63) is 46.2 Å². The maximum Gasteiger partial charge on any atom is 0.289 e. The van der Waals surface area contributed by atoms with Crippen LogP contribution in [0.15, 0.2) is 29.9 Å². The minimum absolute atomic E-state index is 0.200. The zero-order valence-electron chi connectivity index (χ0n) is 14.4. The fraction of sp³-hybridized carbons (Fsp3) is 0.333. The van der Waals surface area contributed by atoms with Crippen LogP contribution in [-0.2, 0) is 11.3 Å². The molecular formula is C18H19N5O2S. The van der Waals surface area contributed by atoms with Crippen LogP contribution in [0, 0.1) is 6.92 Å². The first kappa shape index (κ1) is 16.9. The summed E-state index contributed by atoms with van der Waals surface area (Å²) in [6.45, 7) is 5.33. The molecule has 1 N–H and O–H groups in total. The average Bonchev–Trinajstić information content (AvgIpc) is 3.08. The van der Waals surface area contributed by atoms with Gasteiger partial charge in [-0.2, -0.15) is 0 Å². The molecule has 3 aromatic rings. The van der Waals surface area contributed by atoms with Crippen LogP contribution < -0.4 is 10.2 Å². The molecule has 134 valence electrons. The first-order valence-electron chi connectivity index (χ1n) is 8.48. The zero-order chi connectivity index (χ0) is 17.9. The van der Waals surface area contributed by atoms with Crippen molar-refractivity contribution >= 4 is 34.0 Å². The summed E-state index contributed by atoms with van der Waals surface area (Å²) in [7, 11) is 0. The molecule has 4 heterocycles. The van der Waals surface area contributed by atoms with Crippen LogP contribution in [0.25, 0.3) is 10.9 Å². The molecule has 0 spiro atoms. The van der Waals surface area contributed by atoms with E-state index in [9.17, 15) is 4.79 Å². The average molecular weight is 369 g/mol. The topological polar surface area (TPSA) is 80.2 Å². The summed E-state index contributed by atoms with van der Waals surface area (Å²) in [5.74, 6) is 0.749. The minimum Gasteiger partial charge on any atom is -0.378 e. The number of aryl methyl sites for hydroxylation is 1. The largest absolute Gasteiger partial charge is 0.378 e. The van der Waals surface area contributed by atoms with Gasteiger partial charge in [-0.25, -0.2) is 9.97 Å². The van der Waals surface area contributed by atoms with Crippen LogP contribution in [-0.4, -0.2) is 47.2 Å². The molecule has 1 aliphatic heterocycles. The van der Waals surface area contributed by atoms with Gasteiger partial charge in [0.2, 0.25) is 5.82 Å². The van der Waals surface area contributed by atoms with Crippen LogP contribution in [0.2, 0.25) is 0 Å². The molecule has 8 heteroatoms. The van der Waals surface area contributed by atoms with Gasteiger partial charge in [-0.05, 0) is 24.6 Å². The number of hydrogen-bond acceptors (Lipinski definition) is 7. The van der Waals surface area contributed by atoms with Gasteiger partial charge in [0.25, 0.3) is 5.91 Å². The SMILES string of the molecule is Cc1scc2nc(C(=O)NCc3ccncc3)nc(N3CCOCC3)c12. The molecule has 1 saturated heterocycles. The number of thiophene rings is 1. The van der Waals surface area contributed by atoms with Crippen molar-refractivity contribution in [1.29, 1.82) is 0 Å². The Morgan fingerprint density at radius 1 is 1.27 bits per heavy atom. The Kier molecular flexibility index (Phi) is 4.77. The molecule has 0 aromatic carbocycles. The van der Waals surface area contributed by atoms with E-state index in [0.29, 0.717) is 19.8 Å². The Labute approximate surface area is 155 Å². The number of morpholine rings is 1. The molecule has 0 bridgehead atoms. The number of fused-ring (bicyclic) bond motifs is 1. The summed E-state index contributed by atoms with van der Waals surface area (Å²) < 4.78 is 5.44. The van der Waals surface area contributed by atoms with E-state index in [2.05, 4.69) is 32.1 Å². The number of rotatable bonds is 4. The van der Waals surface area contributed by atoms with Crippen molar-refractivity contribution in [3.63, 3.8) is 0 Å². The maximum atomic E-state index is 12.6. The Hall–Kier alpha value is -2.58. The van der Waals surface area contributed by atoms with Crippen LogP contribution in [0.1, 0.15) is 21.1 Å². The highest BCUT2D eigenvalue weighted by atomic mass is 32.1. The number of nitrogens with zero attached hydrogens (tertiary/aromatic N) is 4. The highest BCUT2D eigenvalue weighted by molar-refractivity contribution is 7.11. The fourth-order valence-electron chi connectivity index (χ4n) is 2.96. The molecule has 0 unspecified atom stereocenters. The molecule has 4 rings (SSSR count). The second kappa shape index (κ2) is 7.35. The number of carbonyl (C=O) groups excluding carboxylic acids is 1. The third-order valence-electron chi connectivity index (χ3n) is 4.33. The van der Waals surface area contributed by atoms with E-state index < -0.39 is 0 Å². The van der Waals surface area contributed by atoms with Gasteiger partial charge >= 0.3 is 0 Å². The fourth-order valence-corrected chi connectivity index (χ4v) is 3.73. The van der Waals surface area contributed by atoms with Gasteiger partial charge in [0.1, 0.15) is 5.82 Å². The van der Waals surface area contributed by atoms with Gasteiger partial charge in [-0.15, -0.1) is 11.3 Å². The second-order valence-corrected chi connectivity index (χ2v) is 7.14. The van der Waals surface area contributed by atoms with Crippen molar-refractivity contribution in [2.75, 3.05) is 31.2 Å². The molecule has 1 amide bonds. The first-order valence-corrected chi connectivity index (χ1v) is 9.36. The number of hydrogen-bond donors (Lipinski definition) is 1.